The van der Waals surface area contributed by atoms with Gasteiger partial charge in [0.05, 0.1) is 0 Å². The highest BCUT2D eigenvalue weighted by Gasteiger charge is 2.03. The first-order chi connectivity index (χ1) is 8.20. The zero-order valence-corrected chi connectivity index (χ0v) is 13.1. The molecule has 108 valence electrons. The fourth-order valence-corrected chi connectivity index (χ4v) is 1.96. The lowest BCUT2D eigenvalue weighted by atomic mass is 10.1. The molecule has 0 aliphatic heterocycles. The molecule has 0 aromatic heterocycles. The molecule has 0 bridgehead atoms. The average Bonchev–Trinajstić information content (AvgIpc) is 2.32. The Hall–Kier alpha value is -0.440. The summed E-state index contributed by atoms with van der Waals surface area (Å²) in [6, 6.07) is 0.278. The third kappa shape index (κ3) is 13.6. The van der Waals surface area contributed by atoms with Crippen LogP contribution in [0.15, 0.2) is 12.7 Å². The number of nitrogens with one attached hydrogen (secondary N) is 1. The fraction of sp³-hybridized carbons (Fsp3) is 0.800. The van der Waals surface area contributed by atoms with E-state index in [2.05, 4.69) is 25.7 Å². The van der Waals surface area contributed by atoms with Gasteiger partial charge in [-0.25, -0.2) is 0 Å². The van der Waals surface area contributed by atoms with E-state index < -0.39 is 0 Å². The lowest BCUT2D eigenvalue weighted by Gasteiger charge is -2.11. The molecule has 0 rings (SSSR count). The molecule has 0 aliphatic carbocycles. The van der Waals surface area contributed by atoms with Gasteiger partial charge in [0.1, 0.15) is 0 Å². The summed E-state index contributed by atoms with van der Waals surface area (Å²) in [6.07, 6.45) is 13.1. The number of hydrogen-bond donors (Lipinski definition) is 1. The van der Waals surface area contributed by atoms with Gasteiger partial charge in [0, 0.05) is 6.04 Å². The lowest BCUT2D eigenvalue weighted by molar-refractivity contribution is -0.117. The van der Waals surface area contributed by atoms with Crippen LogP contribution in [-0.2, 0) is 4.79 Å². The number of unbranched alkanes of at least 4 members (excludes halogenated alkanes) is 7. The zero-order valence-electron chi connectivity index (χ0n) is 12.1. The molecule has 2 nitrogen and oxygen atoms in total. The smallest absolute Gasteiger partial charge is 0.243 e. The quantitative estimate of drug-likeness (QED) is 0.441. The molecule has 0 aromatic carbocycles. The molecule has 0 aliphatic rings. The third-order valence-electron chi connectivity index (χ3n) is 3.06. The second-order valence-corrected chi connectivity index (χ2v) is 4.88. The van der Waals surface area contributed by atoms with Crippen LogP contribution in [-0.4, -0.2) is 11.9 Å². The lowest BCUT2D eigenvalue weighted by Crippen LogP contribution is -2.30. The first-order valence-electron chi connectivity index (χ1n) is 7.13. The van der Waals surface area contributed by atoms with E-state index in [1.165, 1.54) is 57.4 Å². The molecule has 0 heterocycles. The van der Waals surface area contributed by atoms with Crippen LogP contribution < -0.4 is 5.32 Å². The number of hydrogen-bond acceptors (Lipinski definition) is 1. The van der Waals surface area contributed by atoms with Gasteiger partial charge in [-0.3, -0.25) is 4.79 Å². The molecule has 0 fully saturated rings. The molecule has 0 saturated carbocycles. The summed E-state index contributed by atoms with van der Waals surface area (Å²) in [4.78, 5) is 11.0. The Morgan fingerprint density at radius 1 is 1.11 bits per heavy atom. The third-order valence-corrected chi connectivity index (χ3v) is 3.06. The van der Waals surface area contributed by atoms with Crippen LogP contribution in [0.25, 0.3) is 0 Å². The van der Waals surface area contributed by atoms with Crippen molar-refractivity contribution in [3.8, 4) is 0 Å². The minimum absolute atomic E-state index is 0. The van der Waals surface area contributed by atoms with Crippen LogP contribution in [0.5, 0.6) is 0 Å². The summed E-state index contributed by atoms with van der Waals surface area (Å²) < 4.78 is 0. The standard InChI is InChI=1S/C15H29NO.H2S/c1-4-6-7-8-9-10-11-12-13-14(3)16-15(17)5-2;/h5,14H,2,4,6-13H2,1,3H3,(H,16,17);1H2. The van der Waals surface area contributed by atoms with Crippen molar-refractivity contribution in [3.63, 3.8) is 0 Å². The molecular formula is C15H31NOS. The van der Waals surface area contributed by atoms with Crippen LogP contribution in [0.2, 0.25) is 0 Å². The number of carbonyl (C=O) groups is 1. The van der Waals surface area contributed by atoms with Crippen molar-refractivity contribution >= 4 is 19.4 Å². The highest BCUT2D eigenvalue weighted by Crippen LogP contribution is 2.10. The summed E-state index contributed by atoms with van der Waals surface area (Å²) in [5, 5.41) is 2.89. The SMILES string of the molecule is C=CC(=O)NC(C)CCCCCCCCCC.S. The van der Waals surface area contributed by atoms with E-state index >= 15 is 0 Å². The Balaban J connectivity index is 0. The van der Waals surface area contributed by atoms with E-state index in [0.29, 0.717) is 0 Å². The van der Waals surface area contributed by atoms with Crippen LogP contribution >= 0.6 is 13.5 Å². The summed E-state index contributed by atoms with van der Waals surface area (Å²) in [6.45, 7) is 7.75. The van der Waals surface area contributed by atoms with Crippen molar-refractivity contribution in [3.05, 3.63) is 12.7 Å². The van der Waals surface area contributed by atoms with Gasteiger partial charge >= 0.3 is 0 Å². The monoisotopic (exact) mass is 273 g/mol. The second kappa shape index (κ2) is 14.6. The van der Waals surface area contributed by atoms with Crippen molar-refractivity contribution in [1.82, 2.24) is 5.32 Å². The molecule has 1 atom stereocenters. The van der Waals surface area contributed by atoms with E-state index in [-0.39, 0.29) is 25.4 Å². The second-order valence-electron chi connectivity index (χ2n) is 4.88. The predicted molar refractivity (Wildman–Crippen MR) is 85.4 cm³/mol. The highest BCUT2D eigenvalue weighted by atomic mass is 32.1. The predicted octanol–water partition coefficient (Wildman–Crippen LogP) is 4.32. The largest absolute Gasteiger partial charge is 0.350 e. The van der Waals surface area contributed by atoms with Gasteiger partial charge < -0.3 is 5.32 Å². The number of amides is 1. The summed E-state index contributed by atoms with van der Waals surface area (Å²) in [7, 11) is 0. The van der Waals surface area contributed by atoms with Gasteiger partial charge in [-0.15, -0.1) is 0 Å². The van der Waals surface area contributed by atoms with Crippen molar-refractivity contribution in [2.75, 3.05) is 0 Å². The van der Waals surface area contributed by atoms with Crippen molar-refractivity contribution in [2.45, 2.75) is 77.7 Å². The Kier molecular flexibility index (Phi) is 16.2. The van der Waals surface area contributed by atoms with Gasteiger partial charge in [-0.1, -0.05) is 64.9 Å². The van der Waals surface area contributed by atoms with Gasteiger partial charge in [-0.05, 0) is 19.4 Å². The van der Waals surface area contributed by atoms with Gasteiger partial charge in [-0.2, -0.15) is 13.5 Å². The summed E-state index contributed by atoms with van der Waals surface area (Å²) in [5.74, 6) is -0.0583. The van der Waals surface area contributed by atoms with E-state index in [4.69, 9.17) is 0 Å². The molecule has 18 heavy (non-hydrogen) atoms. The maximum atomic E-state index is 11.0. The average molecular weight is 273 g/mol. The highest BCUT2D eigenvalue weighted by molar-refractivity contribution is 7.59. The van der Waals surface area contributed by atoms with Gasteiger partial charge in [0.2, 0.25) is 5.91 Å². The van der Waals surface area contributed by atoms with E-state index in [0.717, 1.165) is 6.42 Å². The molecule has 0 aromatic rings. The maximum absolute atomic E-state index is 11.0. The number of rotatable bonds is 11. The van der Waals surface area contributed by atoms with E-state index in [9.17, 15) is 4.79 Å². The zero-order chi connectivity index (χ0) is 12.9. The first kappa shape index (κ1) is 19.9. The maximum Gasteiger partial charge on any atom is 0.243 e. The molecule has 1 unspecified atom stereocenters. The molecule has 3 heteroatoms. The van der Waals surface area contributed by atoms with Crippen LogP contribution in [0, 0.1) is 0 Å². The van der Waals surface area contributed by atoms with E-state index in [1.807, 2.05) is 0 Å². The normalized spacial score (nSPS) is 11.4. The Morgan fingerprint density at radius 3 is 2.11 bits per heavy atom. The topological polar surface area (TPSA) is 29.1 Å². The molecule has 0 radical (unpaired) electrons. The molecule has 0 saturated heterocycles. The minimum Gasteiger partial charge on any atom is -0.350 e. The van der Waals surface area contributed by atoms with Crippen LogP contribution in [0.4, 0.5) is 0 Å². The molecule has 1 N–H and O–H groups in total. The van der Waals surface area contributed by atoms with Crippen LogP contribution in [0.1, 0.15) is 71.6 Å². The Labute approximate surface area is 120 Å². The van der Waals surface area contributed by atoms with Gasteiger partial charge in [0.15, 0.2) is 0 Å². The minimum atomic E-state index is -0.0583. The summed E-state index contributed by atoms with van der Waals surface area (Å²) in [5.41, 5.74) is 0. The fourth-order valence-electron chi connectivity index (χ4n) is 1.96. The van der Waals surface area contributed by atoms with Crippen molar-refractivity contribution < 1.29 is 4.79 Å². The number of carbonyl (C=O) groups excluding carboxylic acids is 1. The van der Waals surface area contributed by atoms with Crippen molar-refractivity contribution in [2.24, 2.45) is 0 Å². The molecule has 0 spiro atoms. The molecule has 1 amide bonds. The molecular weight excluding hydrogens is 242 g/mol. The first-order valence-corrected chi connectivity index (χ1v) is 7.13. The summed E-state index contributed by atoms with van der Waals surface area (Å²) >= 11 is 0. The van der Waals surface area contributed by atoms with Crippen LogP contribution in [0.3, 0.4) is 0 Å². The Morgan fingerprint density at radius 2 is 1.61 bits per heavy atom. The van der Waals surface area contributed by atoms with E-state index in [1.54, 1.807) is 0 Å². The van der Waals surface area contributed by atoms with Gasteiger partial charge in [0.25, 0.3) is 0 Å². The Bertz CT molecular complexity index is 207. The van der Waals surface area contributed by atoms with Crippen molar-refractivity contribution in [1.29, 1.82) is 0 Å².